The summed E-state index contributed by atoms with van der Waals surface area (Å²) in [6, 6.07) is 18.7. The molecule has 46 heteroatoms. The third-order valence-electron chi connectivity index (χ3n) is 22.4. The zero-order chi connectivity index (χ0) is 105. The van der Waals surface area contributed by atoms with Crippen molar-refractivity contribution in [2.45, 2.75) is 103 Å². The molecule has 4 N–H and O–H groups in total. The van der Waals surface area contributed by atoms with Crippen molar-refractivity contribution in [3.63, 3.8) is 0 Å². The summed E-state index contributed by atoms with van der Waals surface area (Å²) in [4.78, 5) is 177. The second kappa shape index (κ2) is 41.5. The number of methoxy groups -OCH3 is 4. The Morgan fingerprint density at radius 3 is 0.804 bits per heavy atom. The number of nitrogens with one attached hydrogen (secondary N) is 4. The van der Waals surface area contributed by atoms with Crippen LogP contribution in [-0.4, -0.2) is 247 Å². The van der Waals surface area contributed by atoms with Crippen LogP contribution in [0.4, 0.5) is 31.5 Å². The topological polar surface area (TPSA) is 528 Å². The Morgan fingerprint density at radius 2 is 0.572 bits per heavy atom. The summed E-state index contributed by atoms with van der Waals surface area (Å²) in [5.74, 6) is -13.8. The predicted octanol–water partition coefficient (Wildman–Crippen LogP) is 9.16. The van der Waals surface area contributed by atoms with Crippen LogP contribution < -0.4 is 59.2 Å². The van der Waals surface area contributed by atoms with E-state index in [0.29, 0.717) is 47.0 Å². The molecular formula is C92H98F2N12O28S4. The van der Waals surface area contributed by atoms with Gasteiger partial charge in [0, 0.05) is 48.7 Å². The molecule has 4 saturated carbocycles. The fourth-order valence-corrected chi connectivity index (χ4v) is 19.0. The van der Waals surface area contributed by atoms with Crippen LogP contribution in [0, 0.1) is 35.3 Å². The number of aromatic nitrogens is 4. The van der Waals surface area contributed by atoms with Gasteiger partial charge in [0.15, 0.2) is 23.0 Å². The van der Waals surface area contributed by atoms with Crippen molar-refractivity contribution in [2.75, 3.05) is 124 Å². The largest absolute Gasteiger partial charge is 0.491 e. The lowest BCUT2D eigenvalue weighted by Crippen LogP contribution is -2.38. The number of hydrogen-bond donors (Lipinski definition) is 4. The molecule has 4 aromatic heterocycles. The molecule has 4 aliphatic carbocycles. The number of carbonyl (C=O) groups excluding carboxylic acids is 12. The van der Waals surface area contributed by atoms with Crippen LogP contribution in [0.3, 0.4) is 0 Å². The highest BCUT2D eigenvalue weighted by Crippen LogP contribution is 2.46. The standard InChI is InChI=1S/2C23H24FN3O7S.2C23H25N3O7S/c2*1-4-34-21-17(33-2)10-9-14(26-21)16(11-35(3,31)32)27-22(29)18-13(24)7-8-15(19(18)23(27)30)25-20(28)12-5-6-12;2*1-4-33-21-18(32-2)11-10-15(25-21)17(12-34(3,30)31)26-22(28)14-6-5-7-16(19(14)23(26)29)24-20(27)13-8-9-13/h2*7-10,12,16H,4-6,11H2,1-3H3,(H,25,28);2*5-7,10-11,13,17H,4,8-9,12H2,1-3H3,(H,24,27)/t2*16-;17-;/m101./s1/i2*2D3;;. The van der Waals surface area contributed by atoms with Gasteiger partial charge in [-0.25, -0.2) is 62.4 Å². The van der Waals surface area contributed by atoms with E-state index in [-0.39, 0.29) is 177 Å². The van der Waals surface area contributed by atoms with E-state index in [1.54, 1.807) is 64.1 Å². The number of halogens is 2. The molecule has 8 aliphatic rings. The van der Waals surface area contributed by atoms with Gasteiger partial charge in [0.05, 0.1) is 200 Å². The molecule has 12 amide bonds. The zero-order valence-electron chi connectivity index (χ0n) is 81.7. The smallest absolute Gasteiger partial charge is 0.265 e. The Morgan fingerprint density at radius 1 is 0.341 bits per heavy atom. The molecule has 1 unspecified atom stereocenters. The summed E-state index contributed by atoms with van der Waals surface area (Å²) in [6.45, 7) is 7.31. The quantitative estimate of drug-likeness (QED) is 0.0266. The van der Waals surface area contributed by atoms with Gasteiger partial charge in [-0.1, -0.05) is 12.1 Å². The van der Waals surface area contributed by atoms with Crippen molar-refractivity contribution in [1.82, 2.24) is 39.5 Å². The van der Waals surface area contributed by atoms with Gasteiger partial charge >= 0.3 is 0 Å². The molecule has 4 aliphatic heterocycles. The number of fused-ring (bicyclic) bond motifs is 4. The first-order chi connectivity index (χ1) is 67.7. The Labute approximate surface area is 800 Å². The fourth-order valence-electron chi connectivity index (χ4n) is 15.4. The molecule has 0 bridgehead atoms. The highest BCUT2D eigenvalue weighted by molar-refractivity contribution is 7.91. The number of anilines is 4. The van der Waals surface area contributed by atoms with Crippen LogP contribution in [-0.2, 0) is 58.5 Å². The molecule has 138 heavy (non-hydrogen) atoms. The van der Waals surface area contributed by atoms with Crippen LogP contribution in [0.25, 0.3) is 0 Å². The van der Waals surface area contributed by atoms with Crippen molar-refractivity contribution in [2.24, 2.45) is 23.7 Å². The molecule has 4 aromatic carbocycles. The van der Waals surface area contributed by atoms with Crippen molar-refractivity contribution in [3.8, 4) is 46.5 Å². The van der Waals surface area contributed by atoms with E-state index in [1.807, 2.05) is 0 Å². The second-order valence-electron chi connectivity index (χ2n) is 33.1. The van der Waals surface area contributed by atoms with Gasteiger partial charge in [-0.05, 0) is 176 Å². The van der Waals surface area contributed by atoms with Gasteiger partial charge in [-0.15, -0.1) is 0 Å². The van der Waals surface area contributed by atoms with E-state index in [4.69, 9.17) is 46.1 Å². The predicted molar refractivity (Wildman–Crippen MR) is 491 cm³/mol. The number of imide groups is 4. The van der Waals surface area contributed by atoms with E-state index in [0.717, 1.165) is 84.8 Å². The lowest BCUT2D eigenvalue weighted by molar-refractivity contribution is -0.118. The summed E-state index contributed by atoms with van der Waals surface area (Å²) in [6.07, 6.45) is 9.59. The summed E-state index contributed by atoms with van der Waals surface area (Å²) < 4.78 is 214. The number of rotatable bonds is 36. The summed E-state index contributed by atoms with van der Waals surface area (Å²) in [5.41, 5.74) is -1.37. The molecule has 4 atom stereocenters. The van der Waals surface area contributed by atoms with Gasteiger partial charge < -0.3 is 59.2 Å². The maximum absolute atomic E-state index is 14.8. The average Bonchev–Trinajstić information content (AvgIpc) is 1.60. The highest BCUT2D eigenvalue weighted by Gasteiger charge is 2.51. The van der Waals surface area contributed by atoms with Gasteiger partial charge in [0.25, 0.3) is 70.8 Å². The molecule has 8 heterocycles. The number of carbonyl (C=O) groups is 12. The number of benzene rings is 4. The minimum atomic E-state index is -3.86. The summed E-state index contributed by atoms with van der Waals surface area (Å²) in [7, 11) is -17.8. The number of ether oxygens (including phenoxy) is 8. The maximum atomic E-state index is 14.8. The minimum absolute atomic E-state index is 0.0346. The van der Waals surface area contributed by atoms with Crippen LogP contribution in [0.15, 0.2) is 109 Å². The first-order valence-corrected chi connectivity index (χ1v) is 51.3. The first kappa shape index (κ1) is 93.0. The Balaban J connectivity index is 0.000000161. The van der Waals surface area contributed by atoms with Crippen molar-refractivity contribution < 1.29 is 146 Å². The number of nitrogens with zero attached hydrogens (tertiary/aromatic N) is 8. The van der Waals surface area contributed by atoms with Gasteiger partial charge in [0.2, 0.25) is 23.6 Å². The van der Waals surface area contributed by atoms with Crippen LogP contribution in [0.2, 0.25) is 0 Å². The van der Waals surface area contributed by atoms with Crippen LogP contribution in [0.5, 0.6) is 46.5 Å². The zero-order valence-corrected chi connectivity index (χ0v) is 79.0. The third kappa shape index (κ3) is 22.8. The molecule has 4 fully saturated rings. The molecule has 40 nitrogen and oxygen atoms in total. The normalized spacial score (nSPS) is 17.0. The van der Waals surface area contributed by atoms with E-state index in [2.05, 4.69) is 41.2 Å². The van der Waals surface area contributed by atoms with Gasteiger partial charge in [-0.3, -0.25) is 77.1 Å². The monoisotopic (exact) mass is 1990 g/mol. The van der Waals surface area contributed by atoms with E-state index in [9.17, 15) is 100.0 Å². The summed E-state index contributed by atoms with van der Waals surface area (Å²) in [5, 5.41) is 10.6. The molecular weight excluding hydrogens is 1890 g/mol. The third-order valence-corrected chi connectivity index (χ3v) is 26.1. The van der Waals surface area contributed by atoms with E-state index in [1.165, 1.54) is 62.8 Å². The Hall–Kier alpha value is -14.0. The SMILES string of the molecule is CCOc1nc(C(CS(C)(=O)=O)N2C(=O)c3cccc(NC(=O)C4CC4)c3C2=O)ccc1OC.CCOc1nc([C@@H](CS(C)(=O)=O)N2C(=O)c3cccc(NC(=O)C4CC4)c3C2=O)ccc1OC.[2H]C([2H])([2H])Oc1ccc([C@@H](CS(C)(=O)=O)N2C(=O)c3c(F)ccc(NC(=O)C4CC4)c3C2=O)nc1OCC.[2H]C([2H])([2H])Oc1ccc([C@H](CS(C)(=O)=O)N2C(=O)c3c(F)ccc(NC(=O)C4CC4)c3C2=O)nc1OCC. The van der Waals surface area contributed by atoms with Gasteiger partial charge in [-0.2, -0.15) is 0 Å². The van der Waals surface area contributed by atoms with Crippen LogP contribution >= 0.6 is 0 Å². The fraction of sp³-hybridized carbons (Fsp3) is 0.391. The number of pyridine rings is 4. The minimum Gasteiger partial charge on any atom is -0.491 e. The van der Waals surface area contributed by atoms with Crippen LogP contribution in [0.1, 0.15) is 217 Å². The second-order valence-corrected chi connectivity index (χ2v) is 41.8. The first-order valence-electron chi connectivity index (χ1n) is 46.1. The van der Waals surface area contributed by atoms with Gasteiger partial charge in [0.1, 0.15) is 51.0 Å². The molecule has 8 aromatic rings. The highest BCUT2D eigenvalue weighted by atomic mass is 32.2. The lowest BCUT2D eigenvalue weighted by atomic mass is 10.1. The van der Waals surface area contributed by atoms with Crippen molar-refractivity contribution in [3.05, 3.63) is 188 Å². The lowest BCUT2D eigenvalue weighted by Gasteiger charge is -2.26. The average molecular weight is 1990 g/mol. The van der Waals surface area contributed by atoms with E-state index >= 15 is 0 Å². The molecule has 16 rings (SSSR count). The molecule has 0 radical (unpaired) electrons. The number of sulfone groups is 4. The number of hydrogen-bond acceptors (Lipinski definition) is 32. The molecule has 732 valence electrons. The van der Waals surface area contributed by atoms with Crippen molar-refractivity contribution in [1.29, 1.82) is 0 Å². The Bertz CT molecular complexity index is 6640. The van der Waals surface area contributed by atoms with E-state index < -0.39 is 182 Å². The summed E-state index contributed by atoms with van der Waals surface area (Å²) >= 11 is 0. The molecule has 0 spiro atoms. The van der Waals surface area contributed by atoms with Crippen molar-refractivity contribution >= 4 is 133 Å². The number of amides is 12. The molecule has 0 saturated heterocycles. The maximum Gasteiger partial charge on any atom is 0.265 e. The Kier molecular flexibility index (Phi) is 28.0.